The number of hydrogen-bond acceptors (Lipinski definition) is 4. The van der Waals surface area contributed by atoms with Gasteiger partial charge in [0.2, 0.25) is 0 Å². The number of hydrogen-bond donors (Lipinski definition) is 0. The number of piperidine rings is 1. The summed E-state index contributed by atoms with van der Waals surface area (Å²) in [6, 6.07) is 4.04. The topological polar surface area (TPSA) is 42.4 Å². The fourth-order valence-electron chi connectivity index (χ4n) is 4.25. The predicted molar refractivity (Wildman–Crippen MR) is 96.4 cm³/mol. The van der Waals surface area contributed by atoms with Gasteiger partial charge in [-0.25, -0.2) is 4.98 Å². The van der Waals surface area contributed by atoms with Crippen LogP contribution in [0.2, 0.25) is 5.15 Å². The summed E-state index contributed by atoms with van der Waals surface area (Å²) in [7, 11) is 0. The molecule has 1 aromatic rings. The molecule has 0 amide bonds. The van der Waals surface area contributed by atoms with Crippen molar-refractivity contribution in [3.05, 3.63) is 23.0 Å². The molecule has 24 heavy (non-hydrogen) atoms. The molecule has 1 unspecified atom stereocenters. The number of carbonyl (C=O) groups excluding carboxylic acids is 1. The van der Waals surface area contributed by atoms with Crippen LogP contribution in [0.1, 0.15) is 45.7 Å². The Morgan fingerprint density at radius 2 is 1.92 bits per heavy atom. The van der Waals surface area contributed by atoms with Gasteiger partial charge in [-0.15, -0.1) is 0 Å². The third-order valence-electron chi connectivity index (χ3n) is 5.12. The Balaban J connectivity index is 1.67. The minimum absolute atomic E-state index is 0.0550. The second kappa shape index (κ2) is 6.55. The third-order valence-corrected chi connectivity index (χ3v) is 5.32. The van der Waals surface area contributed by atoms with Crippen LogP contribution in [0.25, 0.3) is 0 Å². The van der Waals surface area contributed by atoms with E-state index in [2.05, 4.69) is 16.0 Å². The fraction of sp³-hybridized carbons (Fsp3) is 0.684. The van der Waals surface area contributed by atoms with Gasteiger partial charge in [-0.05, 0) is 70.4 Å². The van der Waals surface area contributed by atoms with Crippen molar-refractivity contribution in [2.24, 2.45) is 17.8 Å². The summed E-state index contributed by atoms with van der Waals surface area (Å²) in [5.74, 6) is 1.52. The van der Waals surface area contributed by atoms with Gasteiger partial charge in [-0.3, -0.25) is 4.79 Å². The number of anilines is 1. The molecule has 0 N–H and O–H groups in total. The number of aromatic nitrogens is 1. The van der Waals surface area contributed by atoms with E-state index in [0.717, 1.165) is 24.5 Å². The van der Waals surface area contributed by atoms with Gasteiger partial charge in [0.25, 0.3) is 0 Å². The van der Waals surface area contributed by atoms with E-state index in [-0.39, 0.29) is 5.97 Å². The molecule has 0 spiro atoms. The molecule has 2 fully saturated rings. The number of fused-ring (bicyclic) bond motifs is 2. The van der Waals surface area contributed by atoms with Crippen LogP contribution in [0.3, 0.4) is 0 Å². The Morgan fingerprint density at radius 1 is 1.29 bits per heavy atom. The first kappa shape index (κ1) is 17.5. The molecule has 2 heterocycles. The van der Waals surface area contributed by atoms with Crippen molar-refractivity contribution in [3.8, 4) is 0 Å². The number of carbonyl (C=O) groups is 1. The number of halogens is 1. The Kier molecular flexibility index (Phi) is 4.78. The van der Waals surface area contributed by atoms with Gasteiger partial charge in [0.05, 0.1) is 0 Å². The first-order valence-corrected chi connectivity index (χ1v) is 9.20. The lowest BCUT2D eigenvalue weighted by molar-refractivity contribution is -0.156. The molecule has 132 valence electrons. The maximum atomic E-state index is 12.2. The van der Waals surface area contributed by atoms with Gasteiger partial charge in [0, 0.05) is 30.9 Å². The minimum Gasteiger partial charge on any atom is -0.460 e. The van der Waals surface area contributed by atoms with E-state index < -0.39 is 5.60 Å². The molecule has 4 nitrogen and oxygen atoms in total. The number of pyridine rings is 1. The van der Waals surface area contributed by atoms with Gasteiger partial charge >= 0.3 is 5.97 Å². The highest BCUT2D eigenvalue weighted by molar-refractivity contribution is 6.29. The zero-order valence-corrected chi connectivity index (χ0v) is 15.8. The highest BCUT2D eigenvalue weighted by Crippen LogP contribution is 2.45. The summed E-state index contributed by atoms with van der Waals surface area (Å²) < 4.78 is 5.53. The van der Waals surface area contributed by atoms with Crippen LogP contribution in [-0.2, 0) is 9.53 Å². The van der Waals surface area contributed by atoms with Gasteiger partial charge in [0.1, 0.15) is 10.8 Å². The summed E-state index contributed by atoms with van der Waals surface area (Å²) in [5.41, 5.74) is 1.70. The lowest BCUT2D eigenvalue weighted by atomic mass is 9.82. The number of esters is 1. The van der Waals surface area contributed by atoms with E-state index in [1.54, 1.807) is 0 Å². The molecular weight excluding hydrogens is 324 g/mol. The van der Waals surface area contributed by atoms with Gasteiger partial charge in [-0.2, -0.15) is 0 Å². The lowest BCUT2D eigenvalue weighted by Crippen LogP contribution is -2.43. The van der Waals surface area contributed by atoms with Gasteiger partial charge in [0.15, 0.2) is 0 Å². The third kappa shape index (κ3) is 4.02. The summed E-state index contributed by atoms with van der Waals surface area (Å²) >= 11 is 6.12. The van der Waals surface area contributed by atoms with E-state index >= 15 is 0 Å². The zero-order chi connectivity index (χ0) is 17.5. The number of nitrogens with zero attached hydrogens (tertiary/aromatic N) is 2. The molecule has 2 aliphatic rings. The van der Waals surface area contributed by atoms with Gasteiger partial charge in [-0.1, -0.05) is 11.6 Å². The minimum atomic E-state index is -0.401. The van der Waals surface area contributed by atoms with Crippen molar-refractivity contribution in [1.82, 2.24) is 4.98 Å². The van der Waals surface area contributed by atoms with Crippen LogP contribution < -0.4 is 4.90 Å². The van der Waals surface area contributed by atoms with E-state index in [1.807, 2.05) is 33.8 Å². The van der Waals surface area contributed by atoms with E-state index in [0.29, 0.717) is 29.3 Å². The number of ether oxygens (including phenoxy) is 1. The Bertz CT molecular complexity index is 592. The normalized spacial score (nSPS) is 26.5. The van der Waals surface area contributed by atoms with Crippen molar-refractivity contribution < 1.29 is 9.53 Å². The molecule has 3 rings (SSSR count). The van der Waals surface area contributed by atoms with Crippen molar-refractivity contribution >= 4 is 23.3 Å². The monoisotopic (exact) mass is 350 g/mol. The van der Waals surface area contributed by atoms with Crippen molar-refractivity contribution in [2.75, 3.05) is 18.0 Å². The smallest absolute Gasteiger partial charge is 0.306 e. The predicted octanol–water partition coefficient (Wildman–Crippen LogP) is 4.24. The van der Waals surface area contributed by atoms with E-state index in [9.17, 15) is 4.79 Å². The van der Waals surface area contributed by atoms with Crippen LogP contribution in [-0.4, -0.2) is 29.6 Å². The molecule has 5 heteroatoms. The molecule has 1 aliphatic carbocycles. The van der Waals surface area contributed by atoms with Crippen LogP contribution in [0.15, 0.2) is 12.1 Å². The highest BCUT2D eigenvalue weighted by Gasteiger charge is 2.43. The van der Waals surface area contributed by atoms with Crippen molar-refractivity contribution in [1.29, 1.82) is 0 Å². The second-order valence-corrected chi connectivity index (χ2v) is 8.63. The maximum Gasteiger partial charge on any atom is 0.306 e. The van der Waals surface area contributed by atoms with Crippen LogP contribution >= 0.6 is 11.6 Å². The van der Waals surface area contributed by atoms with Crippen molar-refractivity contribution in [2.45, 2.75) is 52.6 Å². The number of rotatable bonds is 3. The average molecular weight is 351 g/mol. The molecule has 2 bridgehead atoms. The molecule has 1 aliphatic heterocycles. The highest BCUT2D eigenvalue weighted by atomic mass is 35.5. The maximum absolute atomic E-state index is 12.2. The molecule has 0 radical (unpaired) electrons. The van der Waals surface area contributed by atoms with Crippen LogP contribution in [0.5, 0.6) is 0 Å². The average Bonchev–Trinajstić information content (AvgIpc) is 2.67. The SMILES string of the molecule is Cc1cc(N2C[C@H]3CC[C@@H](C2)C3CC(=O)OC(C)(C)C)cc(Cl)n1. The van der Waals surface area contributed by atoms with Crippen LogP contribution in [0, 0.1) is 24.7 Å². The summed E-state index contributed by atoms with van der Waals surface area (Å²) in [6.07, 6.45) is 2.95. The Morgan fingerprint density at radius 3 is 2.46 bits per heavy atom. The van der Waals surface area contributed by atoms with E-state index in [4.69, 9.17) is 16.3 Å². The first-order valence-electron chi connectivity index (χ1n) is 8.82. The van der Waals surface area contributed by atoms with Crippen LogP contribution in [0.4, 0.5) is 5.69 Å². The largest absolute Gasteiger partial charge is 0.460 e. The Hall–Kier alpha value is -1.29. The van der Waals surface area contributed by atoms with E-state index in [1.165, 1.54) is 12.8 Å². The van der Waals surface area contributed by atoms with Gasteiger partial charge < -0.3 is 9.64 Å². The summed E-state index contributed by atoms with van der Waals surface area (Å²) in [4.78, 5) is 18.9. The van der Waals surface area contributed by atoms with Crippen molar-refractivity contribution in [3.63, 3.8) is 0 Å². The summed E-state index contributed by atoms with van der Waals surface area (Å²) in [6.45, 7) is 9.74. The molecule has 3 atom stereocenters. The first-order chi connectivity index (χ1) is 11.2. The fourth-order valence-corrected chi connectivity index (χ4v) is 4.49. The molecule has 1 saturated heterocycles. The second-order valence-electron chi connectivity index (χ2n) is 8.25. The molecular formula is C19H27ClN2O2. The molecule has 0 aromatic carbocycles. The lowest BCUT2D eigenvalue weighted by Gasteiger charge is -2.39. The zero-order valence-electron chi connectivity index (χ0n) is 15.0. The number of aryl methyl sites for hydroxylation is 1. The standard InChI is InChI=1S/C19H27ClN2O2/c1-12-7-15(8-17(20)21-12)22-10-13-5-6-14(11-22)16(13)9-18(23)24-19(2,3)4/h7-8,13-14,16H,5-6,9-11H2,1-4H3/t13-,14+,16?. The molecule has 1 saturated carbocycles. The Labute approximate surface area is 149 Å². The quantitative estimate of drug-likeness (QED) is 0.604. The summed E-state index contributed by atoms with van der Waals surface area (Å²) in [5, 5.41) is 0.549. The molecule has 1 aromatic heterocycles.